The zero-order valence-electron chi connectivity index (χ0n) is 49.4. The molecule has 1 aromatic heterocycles. The molecule has 1 heterocycles. The molecule has 0 saturated heterocycles. The van der Waals surface area contributed by atoms with Crippen LogP contribution in [0.25, 0.3) is 11.1 Å². The van der Waals surface area contributed by atoms with Crippen LogP contribution >= 0.6 is 0 Å². The summed E-state index contributed by atoms with van der Waals surface area (Å²) in [6, 6.07) is 4.71. The Bertz CT molecular complexity index is 2820. The van der Waals surface area contributed by atoms with E-state index in [1.165, 1.54) is 18.9 Å². The Balaban J connectivity index is 1.90. The number of aliphatic carboxylic acids is 1. The highest BCUT2D eigenvalue weighted by Crippen LogP contribution is 2.41. The first-order valence-electron chi connectivity index (χ1n) is 27.9. The number of nitrogens with one attached hydrogen (secondary N) is 7. The van der Waals surface area contributed by atoms with Crippen LogP contribution < -0.4 is 48.7 Å². The van der Waals surface area contributed by atoms with Crippen molar-refractivity contribution in [2.24, 2.45) is 16.9 Å². The predicted octanol–water partition coefficient (Wildman–Crippen LogP) is 1.47. The maximum atomic E-state index is 15.4. The first-order valence-corrected chi connectivity index (χ1v) is 27.9. The van der Waals surface area contributed by atoms with E-state index in [4.69, 9.17) is 16.2 Å². The fraction of sp³-hybridized carbons (Fsp3) is 0.534. The van der Waals surface area contributed by atoms with Crippen molar-refractivity contribution in [2.45, 2.75) is 161 Å². The Labute approximate surface area is 492 Å². The number of rotatable bonds is 34. The number of primary amides is 1. The molecule has 0 bridgehead atoms. The van der Waals surface area contributed by atoms with Gasteiger partial charge < -0.3 is 73.1 Å². The summed E-state index contributed by atoms with van der Waals surface area (Å²) < 4.78 is 37.2. The summed E-state index contributed by atoms with van der Waals surface area (Å²) >= 11 is 0. The van der Waals surface area contributed by atoms with Crippen LogP contribution in [-0.2, 0) is 64.0 Å². The number of unbranched alkanes of at least 4 members (excludes halogenated alkanes) is 1. The van der Waals surface area contributed by atoms with Crippen molar-refractivity contribution in [3.05, 3.63) is 83.7 Å². The van der Waals surface area contributed by atoms with E-state index >= 15 is 4.39 Å². The van der Waals surface area contributed by atoms with Crippen molar-refractivity contribution >= 4 is 65.1 Å². The third kappa shape index (κ3) is 24.4. The van der Waals surface area contributed by atoms with E-state index < -0.39 is 156 Å². The van der Waals surface area contributed by atoms with Gasteiger partial charge in [0.2, 0.25) is 53.2 Å². The highest BCUT2D eigenvalue weighted by molar-refractivity contribution is 5.98. The van der Waals surface area contributed by atoms with Crippen LogP contribution in [0.5, 0.6) is 0 Å². The molecule has 0 unspecified atom stereocenters. The lowest BCUT2D eigenvalue weighted by Gasteiger charge is -2.41. The number of hydrogen-bond acceptors (Lipinski definition) is 14. The molecule has 468 valence electrons. The number of ether oxygens (including phenoxy) is 1. The zero-order valence-corrected chi connectivity index (χ0v) is 49.4. The van der Waals surface area contributed by atoms with Gasteiger partial charge in [-0.1, -0.05) is 51.1 Å². The Kier molecular flexibility index (Phi) is 28.2. The molecule has 9 amide bonds. The number of nitrogens with zero attached hydrogens (tertiary/aromatic N) is 2. The third-order valence-corrected chi connectivity index (χ3v) is 13.1. The number of carbonyl (C=O) groups is 11. The maximum absolute atomic E-state index is 15.4. The number of nitrogens with two attached hydrogens (primary N) is 2. The largest absolute Gasteiger partial charge is 0.481 e. The lowest BCUT2D eigenvalue weighted by atomic mass is 9.82. The van der Waals surface area contributed by atoms with Crippen molar-refractivity contribution in [3.8, 4) is 11.1 Å². The average Bonchev–Trinajstić information content (AvgIpc) is 2.51. The fourth-order valence-electron chi connectivity index (χ4n) is 8.99. The summed E-state index contributed by atoms with van der Waals surface area (Å²) in [5, 5.41) is 37.0. The molecule has 25 nitrogen and oxygen atoms in total. The van der Waals surface area contributed by atoms with Crippen molar-refractivity contribution in [1.82, 2.24) is 46.7 Å². The van der Waals surface area contributed by atoms with Gasteiger partial charge in [0.25, 0.3) is 0 Å². The van der Waals surface area contributed by atoms with Crippen molar-refractivity contribution in [2.75, 3.05) is 33.3 Å². The summed E-state index contributed by atoms with van der Waals surface area (Å²) in [5.74, 6) is -11.9. The van der Waals surface area contributed by atoms with Gasteiger partial charge in [-0.05, 0) is 102 Å². The molecule has 27 heteroatoms. The van der Waals surface area contributed by atoms with Gasteiger partial charge in [-0.15, -0.1) is 0 Å². The summed E-state index contributed by atoms with van der Waals surface area (Å²) in [7, 11) is 1.37. The minimum atomic E-state index is -1.95. The number of benzene rings is 2. The Morgan fingerprint density at radius 1 is 0.706 bits per heavy atom. The number of aliphatic hydroxyl groups is 1. The van der Waals surface area contributed by atoms with Crippen LogP contribution in [0.15, 0.2) is 60.8 Å². The standard InChI is InChI=1S/C58H83F2N11O14/c1-34(65-47(75)18-14-19-48(76)66-41(17-12-13-24-61)56(84)85-58(5,6)7)52(80)68-43(30-50(78)79)55(83)69-42(29-45(62)73)54(82)67-40(53(81)64-25-22-46(74)63-8)23-26-71(49(77)33-72)51(57(2,3)4)44-27-36(38-28-37(59)20-21-39(38)60)32-70(44)31-35-15-10-9-11-16-35/h9-11,15-16,20-21,27-28,32,34,40-43,51,72H,12-14,17-19,22-26,29-31,33,61H2,1-8H3,(H2,62,73)(H,63,74)(H,64,81)(H,65,75)(H,66,76)(H,67,82)(H,68,80)(H,69,83)(H,78,79)/t34-,40-,41-,42-,43-,51-/m0/s1. The second-order valence-corrected chi connectivity index (χ2v) is 22.4. The zero-order chi connectivity index (χ0) is 63.8. The van der Waals surface area contributed by atoms with E-state index in [1.807, 2.05) is 12.1 Å². The van der Waals surface area contributed by atoms with Gasteiger partial charge in [0.15, 0.2) is 0 Å². The summed E-state index contributed by atoms with van der Waals surface area (Å²) in [6.07, 6.45) is -0.177. The van der Waals surface area contributed by atoms with Gasteiger partial charge in [0.1, 0.15) is 54.1 Å². The van der Waals surface area contributed by atoms with E-state index in [9.17, 15) is 67.3 Å². The maximum Gasteiger partial charge on any atom is 0.329 e. The number of halogens is 2. The van der Waals surface area contributed by atoms with Gasteiger partial charge in [-0.25, -0.2) is 13.6 Å². The normalized spacial score (nSPS) is 13.5. The second kappa shape index (κ2) is 33.8. The number of carboxylic acids is 1. The van der Waals surface area contributed by atoms with Gasteiger partial charge in [0, 0.05) is 69.0 Å². The first kappa shape index (κ1) is 70.9. The van der Waals surface area contributed by atoms with Crippen molar-refractivity contribution < 1.29 is 76.5 Å². The lowest BCUT2D eigenvalue weighted by molar-refractivity contribution is -0.159. The highest BCUT2D eigenvalue weighted by atomic mass is 19.1. The summed E-state index contributed by atoms with van der Waals surface area (Å²) in [4.78, 5) is 146. The smallest absolute Gasteiger partial charge is 0.329 e. The molecule has 0 saturated carbocycles. The summed E-state index contributed by atoms with van der Waals surface area (Å²) in [5.41, 5.74) is 10.7. The molecule has 3 aromatic rings. The number of amides is 9. The van der Waals surface area contributed by atoms with Crippen LogP contribution in [0.3, 0.4) is 0 Å². The number of esters is 1. The van der Waals surface area contributed by atoms with Crippen LogP contribution in [0.4, 0.5) is 8.78 Å². The van der Waals surface area contributed by atoms with Gasteiger partial charge in [0.05, 0.1) is 18.9 Å². The fourth-order valence-corrected chi connectivity index (χ4v) is 8.99. The molecule has 3 rings (SSSR count). The SMILES string of the molecule is CNC(=O)CCNC(=O)[C@H](CCN(C(=O)CO)[C@@H](c1cc(-c2cc(F)ccc2F)cn1Cc1ccccc1)C(C)(C)C)NC(=O)[C@H](CC(N)=O)NC(=O)[C@H](CC(=O)O)NC(=O)[C@H](C)NC(=O)CCCC(=O)N[C@@H](CCCCN)C(=O)OC(C)(C)C. The van der Waals surface area contributed by atoms with E-state index in [0.717, 1.165) is 23.8 Å². The number of aliphatic hydroxyl groups excluding tert-OH is 1. The second-order valence-electron chi connectivity index (χ2n) is 22.4. The minimum absolute atomic E-state index is 0.0224. The van der Waals surface area contributed by atoms with Crippen LogP contribution in [0.1, 0.15) is 130 Å². The molecule has 0 fully saturated rings. The molecule has 0 aliphatic carbocycles. The van der Waals surface area contributed by atoms with Crippen LogP contribution in [0.2, 0.25) is 0 Å². The van der Waals surface area contributed by atoms with E-state index in [-0.39, 0.29) is 56.3 Å². The van der Waals surface area contributed by atoms with Crippen LogP contribution in [0, 0.1) is 17.0 Å². The first-order chi connectivity index (χ1) is 39.9. The Morgan fingerprint density at radius 3 is 1.89 bits per heavy atom. The molecular formula is C58H83F2N11O14. The summed E-state index contributed by atoms with van der Waals surface area (Å²) in [6.45, 7) is 10.4. The molecule has 0 aliphatic heterocycles. The third-order valence-electron chi connectivity index (χ3n) is 13.1. The van der Waals surface area contributed by atoms with Crippen LogP contribution in [-0.4, -0.2) is 154 Å². The number of hydrogen-bond donors (Lipinski definition) is 11. The molecular weight excluding hydrogens is 1110 g/mol. The minimum Gasteiger partial charge on any atom is -0.481 e. The van der Waals surface area contributed by atoms with Gasteiger partial charge >= 0.3 is 11.9 Å². The van der Waals surface area contributed by atoms with E-state index in [1.54, 1.807) is 76.6 Å². The molecule has 13 N–H and O–H groups in total. The topological polar surface area (TPSA) is 382 Å². The predicted molar refractivity (Wildman–Crippen MR) is 307 cm³/mol. The molecule has 0 spiro atoms. The molecule has 0 aliphatic rings. The number of aromatic nitrogens is 1. The van der Waals surface area contributed by atoms with E-state index in [2.05, 4.69) is 37.2 Å². The van der Waals surface area contributed by atoms with Gasteiger partial charge in [-0.2, -0.15) is 0 Å². The molecule has 0 radical (unpaired) electrons. The van der Waals surface area contributed by atoms with E-state index in [0.29, 0.717) is 25.1 Å². The Hall–Kier alpha value is -8.33. The van der Waals surface area contributed by atoms with Gasteiger partial charge in [-0.3, -0.25) is 47.9 Å². The highest BCUT2D eigenvalue weighted by Gasteiger charge is 2.39. The lowest BCUT2D eigenvalue weighted by Crippen LogP contribution is -2.59. The monoisotopic (exact) mass is 1200 g/mol. The average molecular weight is 1200 g/mol. The number of carbonyl (C=O) groups excluding carboxylic acids is 10. The molecule has 2 aromatic carbocycles. The van der Waals surface area contributed by atoms with Crippen molar-refractivity contribution in [3.63, 3.8) is 0 Å². The number of carboxylic acid groups (broad SMARTS) is 1. The molecule has 85 heavy (non-hydrogen) atoms. The molecule has 6 atom stereocenters. The van der Waals surface area contributed by atoms with Crippen molar-refractivity contribution in [1.29, 1.82) is 0 Å². The Morgan fingerprint density at radius 2 is 1.32 bits per heavy atom. The quantitative estimate of drug-likeness (QED) is 0.0298.